The molecule has 0 aliphatic heterocycles. The number of aryl methyl sites for hydroxylation is 1. The number of benzene rings is 1. The molecule has 0 bridgehead atoms. The van der Waals surface area contributed by atoms with Crippen LogP contribution in [-0.2, 0) is 0 Å². The van der Waals surface area contributed by atoms with E-state index in [0.717, 1.165) is 11.0 Å². The van der Waals surface area contributed by atoms with Crippen molar-refractivity contribution < 1.29 is 9.53 Å². The Kier molecular flexibility index (Phi) is 2.76. The number of halogens is 1. The Morgan fingerprint density at radius 2 is 2.25 bits per heavy atom. The fraction of sp³-hybridized carbons (Fsp3) is 0.125. The van der Waals surface area contributed by atoms with Crippen LogP contribution in [0.25, 0.3) is 0 Å². The van der Waals surface area contributed by atoms with Crippen LogP contribution < -0.4 is 10.2 Å². The first-order chi connectivity index (χ1) is 5.59. The van der Waals surface area contributed by atoms with Crippen molar-refractivity contribution in [2.24, 2.45) is 0 Å². The fourth-order valence-electron chi connectivity index (χ4n) is 0.870. The standard InChI is InChI=1S/C8H8BClO2/c1-5-2-3-6(4-7(5)9)12-8(10)11/h2-4H,9H2,1H3. The number of hydrogen-bond acceptors (Lipinski definition) is 2. The first-order valence-electron chi connectivity index (χ1n) is 3.54. The molecule has 0 heterocycles. The molecule has 2 nitrogen and oxygen atoms in total. The molecule has 0 amide bonds. The van der Waals surface area contributed by atoms with Crippen LogP contribution in [0.1, 0.15) is 5.56 Å². The number of hydrogen-bond donors (Lipinski definition) is 0. The van der Waals surface area contributed by atoms with Crippen molar-refractivity contribution in [2.75, 3.05) is 0 Å². The molecule has 0 unspecified atom stereocenters. The first kappa shape index (κ1) is 9.14. The molecule has 0 aliphatic carbocycles. The Morgan fingerprint density at radius 1 is 1.58 bits per heavy atom. The highest BCUT2D eigenvalue weighted by molar-refractivity contribution is 6.61. The van der Waals surface area contributed by atoms with Crippen LogP contribution in [0.4, 0.5) is 4.79 Å². The van der Waals surface area contributed by atoms with E-state index in [1.54, 1.807) is 12.1 Å². The monoisotopic (exact) mass is 182 g/mol. The molecule has 0 aromatic heterocycles. The van der Waals surface area contributed by atoms with E-state index in [2.05, 4.69) is 4.74 Å². The molecular formula is C8H8BClO2. The van der Waals surface area contributed by atoms with Gasteiger partial charge in [-0.05, 0) is 19.1 Å². The Labute approximate surface area is 76.9 Å². The van der Waals surface area contributed by atoms with Gasteiger partial charge in [-0.25, -0.2) is 4.79 Å². The summed E-state index contributed by atoms with van der Waals surface area (Å²) in [5.74, 6) is 0.484. The number of carbonyl (C=O) groups excluding carboxylic acids is 1. The third-order valence-electron chi connectivity index (χ3n) is 1.68. The van der Waals surface area contributed by atoms with Crippen molar-refractivity contribution in [3.05, 3.63) is 23.8 Å². The fourth-order valence-corrected chi connectivity index (χ4v) is 0.959. The quantitative estimate of drug-likeness (QED) is 0.478. The van der Waals surface area contributed by atoms with Crippen molar-refractivity contribution >= 4 is 30.3 Å². The summed E-state index contributed by atoms with van der Waals surface area (Å²) in [6, 6.07) is 5.36. The van der Waals surface area contributed by atoms with E-state index >= 15 is 0 Å². The van der Waals surface area contributed by atoms with E-state index in [0.29, 0.717) is 5.75 Å². The Balaban J connectivity index is 2.89. The van der Waals surface area contributed by atoms with E-state index in [9.17, 15) is 4.79 Å². The summed E-state index contributed by atoms with van der Waals surface area (Å²) in [7, 11) is 1.95. The number of rotatable bonds is 1. The molecule has 1 rings (SSSR count). The van der Waals surface area contributed by atoms with Gasteiger partial charge in [0.1, 0.15) is 13.6 Å². The van der Waals surface area contributed by atoms with Crippen molar-refractivity contribution in [2.45, 2.75) is 6.92 Å². The average molecular weight is 182 g/mol. The molecule has 0 atom stereocenters. The minimum atomic E-state index is -0.807. The molecule has 62 valence electrons. The zero-order valence-electron chi connectivity index (χ0n) is 6.93. The summed E-state index contributed by atoms with van der Waals surface area (Å²) in [6.45, 7) is 1.99. The molecule has 1 aromatic carbocycles. The molecule has 0 N–H and O–H groups in total. The molecule has 4 heteroatoms. The summed E-state index contributed by atoms with van der Waals surface area (Å²) < 4.78 is 4.68. The number of ether oxygens (including phenoxy) is 1. The lowest BCUT2D eigenvalue weighted by atomic mass is 9.91. The van der Waals surface area contributed by atoms with Gasteiger partial charge in [0.2, 0.25) is 0 Å². The Morgan fingerprint density at radius 3 is 2.75 bits per heavy atom. The lowest BCUT2D eigenvalue weighted by Crippen LogP contribution is -2.08. The van der Waals surface area contributed by atoms with E-state index in [4.69, 9.17) is 11.6 Å². The van der Waals surface area contributed by atoms with Crippen LogP contribution in [-0.4, -0.2) is 13.3 Å². The van der Waals surface area contributed by atoms with Crippen LogP contribution in [0.5, 0.6) is 5.75 Å². The van der Waals surface area contributed by atoms with Crippen molar-refractivity contribution in [3.63, 3.8) is 0 Å². The van der Waals surface area contributed by atoms with Crippen LogP contribution >= 0.6 is 11.6 Å². The van der Waals surface area contributed by atoms with Crippen LogP contribution in [0, 0.1) is 6.92 Å². The van der Waals surface area contributed by atoms with Gasteiger partial charge in [-0.1, -0.05) is 17.1 Å². The summed E-state index contributed by atoms with van der Waals surface area (Å²) >= 11 is 5.04. The molecule has 0 fully saturated rings. The predicted molar refractivity (Wildman–Crippen MR) is 51.2 cm³/mol. The zero-order chi connectivity index (χ0) is 9.14. The SMILES string of the molecule is Bc1cc(OC(=O)Cl)ccc1C. The summed E-state index contributed by atoms with van der Waals surface area (Å²) in [5, 5.41) is 0. The first-order valence-corrected chi connectivity index (χ1v) is 3.92. The second-order valence-corrected chi connectivity index (χ2v) is 2.89. The van der Waals surface area contributed by atoms with E-state index < -0.39 is 5.43 Å². The highest BCUT2D eigenvalue weighted by Crippen LogP contribution is 2.10. The van der Waals surface area contributed by atoms with E-state index in [-0.39, 0.29) is 0 Å². The van der Waals surface area contributed by atoms with Crippen molar-refractivity contribution in [3.8, 4) is 5.75 Å². The van der Waals surface area contributed by atoms with Crippen LogP contribution in [0.15, 0.2) is 18.2 Å². The second-order valence-electron chi connectivity index (χ2n) is 2.59. The van der Waals surface area contributed by atoms with E-state index in [1.165, 1.54) is 0 Å². The zero-order valence-corrected chi connectivity index (χ0v) is 7.68. The molecule has 0 spiro atoms. The smallest absolute Gasteiger partial charge is 0.409 e. The topological polar surface area (TPSA) is 26.3 Å². The molecule has 12 heavy (non-hydrogen) atoms. The second kappa shape index (κ2) is 3.63. The summed E-state index contributed by atoms with van der Waals surface area (Å²) in [5.41, 5.74) is 1.42. The minimum absolute atomic E-state index is 0.484. The molecular weight excluding hydrogens is 174 g/mol. The molecule has 0 saturated carbocycles. The lowest BCUT2D eigenvalue weighted by Gasteiger charge is -2.02. The van der Waals surface area contributed by atoms with Crippen molar-refractivity contribution in [1.29, 1.82) is 0 Å². The molecule has 0 aliphatic rings. The third-order valence-corrected chi connectivity index (χ3v) is 1.75. The largest absolute Gasteiger partial charge is 0.415 e. The Bertz CT molecular complexity index is 312. The maximum atomic E-state index is 10.4. The van der Waals surface area contributed by atoms with Gasteiger partial charge in [0, 0.05) is 11.6 Å². The van der Waals surface area contributed by atoms with Gasteiger partial charge >= 0.3 is 5.43 Å². The molecule has 0 saturated heterocycles. The van der Waals surface area contributed by atoms with Crippen LogP contribution in [0.2, 0.25) is 0 Å². The summed E-state index contributed by atoms with van der Waals surface area (Å²) in [6.07, 6.45) is 0. The van der Waals surface area contributed by atoms with Gasteiger partial charge in [-0.15, -0.1) is 0 Å². The van der Waals surface area contributed by atoms with Gasteiger partial charge in [0.25, 0.3) is 0 Å². The number of carbonyl (C=O) groups is 1. The molecule has 1 aromatic rings. The molecule has 0 radical (unpaired) electrons. The average Bonchev–Trinajstić information content (AvgIpc) is 1.96. The van der Waals surface area contributed by atoms with Crippen molar-refractivity contribution in [1.82, 2.24) is 0 Å². The highest BCUT2D eigenvalue weighted by atomic mass is 35.5. The van der Waals surface area contributed by atoms with E-state index in [1.807, 2.05) is 20.8 Å². The van der Waals surface area contributed by atoms with Gasteiger partial charge in [-0.2, -0.15) is 0 Å². The van der Waals surface area contributed by atoms with Gasteiger partial charge in [0.05, 0.1) is 0 Å². The van der Waals surface area contributed by atoms with Gasteiger partial charge < -0.3 is 4.74 Å². The maximum Gasteiger partial charge on any atom is 0.409 e. The third kappa shape index (κ3) is 2.27. The highest BCUT2D eigenvalue weighted by Gasteiger charge is 2.00. The predicted octanol–water partition coefficient (Wildman–Crippen LogP) is 0.991. The van der Waals surface area contributed by atoms with Gasteiger partial charge in [-0.3, -0.25) is 0 Å². The minimum Gasteiger partial charge on any atom is -0.415 e. The normalized spacial score (nSPS) is 9.50. The summed E-state index contributed by atoms with van der Waals surface area (Å²) in [4.78, 5) is 10.4. The lowest BCUT2D eigenvalue weighted by molar-refractivity contribution is 0.225. The maximum absolute atomic E-state index is 10.4. The van der Waals surface area contributed by atoms with Crippen LogP contribution in [0.3, 0.4) is 0 Å². The Hall–Kier alpha value is -0.955. The van der Waals surface area contributed by atoms with Gasteiger partial charge in [0.15, 0.2) is 0 Å².